The summed E-state index contributed by atoms with van der Waals surface area (Å²) in [5.74, 6) is -0.468. The van der Waals surface area contributed by atoms with Crippen LogP contribution in [0.2, 0.25) is 5.02 Å². The number of carbonyl (C=O) groups excluding carboxylic acids is 1. The van der Waals surface area contributed by atoms with Crippen molar-refractivity contribution in [2.45, 2.75) is 62.9 Å². The zero-order valence-electron chi connectivity index (χ0n) is 23.5. The van der Waals surface area contributed by atoms with Gasteiger partial charge in [0.25, 0.3) is 5.56 Å². The Morgan fingerprint density at radius 3 is 2.74 bits per heavy atom. The van der Waals surface area contributed by atoms with Crippen LogP contribution in [-0.2, 0) is 9.53 Å². The number of ether oxygens (including phenoxy) is 2. The van der Waals surface area contributed by atoms with Crippen molar-refractivity contribution >= 4 is 29.0 Å². The molecule has 6 rings (SSSR count). The highest BCUT2D eigenvalue weighted by molar-refractivity contribution is 6.32. The molecule has 1 amide bonds. The van der Waals surface area contributed by atoms with Gasteiger partial charge in [-0.25, -0.2) is 18.9 Å². The van der Waals surface area contributed by atoms with E-state index in [-0.39, 0.29) is 29.5 Å². The van der Waals surface area contributed by atoms with E-state index >= 15 is 0 Å². The molecule has 14 heteroatoms. The molecule has 3 N–H and O–H groups in total. The SMILES string of the molecule is COc1cc(F)cc(C(CO)NC(=O)C(C)n2cnn3cc(-c4nc(NC5CC6CCC(C5)O6)ncc4Cl)cc3c2=O)c1. The van der Waals surface area contributed by atoms with Gasteiger partial charge in [0.05, 0.1) is 48.9 Å². The number of benzene rings is 1. The minimum atomic E-state index is -0.999. The highest BCUT2D eigenvalue weighted by atomic mass is 35.5. The summed E-state index contributed by atoms with van der Waals surface area (Å²) in [7, 11) is 1.39. The second-order valence-electron chi connectivity index (χ2n) is 10.9. The Kier molecular flexibility index (Phi) is 8.03. The van der Waals surface area contributed by atoms with Crippen molar-refractivity contribution in [1.82, 2.24) is 29.5 Å². The summed E-state index contributed by atoms with van der Waals surface area (Å²) in [6.07, 6.45) is 8.86. The molecule has 2 fully saturated rings. The monoisotopic (exact) mass is 611 g/mol. The Balaban J connectivity index is 1.22. The highest BCUT2D eigenvalue weighted by Gasteiger charge is 2.35. The molecule has 2 aliphatic heterocycles. The molecule has 3 aromatic heterocycles. The van der Waals surface area contributed by atoms with Crippen LogP contribution >= 0.6 is 11.6 Å². The van der Waals surface area contributed by atoms with E-state index in [1.807, 2.05) is 0 Å². The standard InChI is InChI=1S/C29H31ClFN7O5/c1-15(27(40)35-24(13-39)16-5-18(31)8-22(6-16)42-2)37-14-33-38-12-17(7-25(38)28(37)41)26-23(30)11-32-29(36-26)34-19-9-20-3-4-21(10-19)43-20/h5-8,11-12,14-15,19-21,24,39H,3-4,9-10,13H2,1-2H3,(H,35,40)(H,32,34,36). The third-order valence-electron chi connectivity index (χ3n) is 8.02. The molecule has 0 spiro atoms. The van der Waals surface area contributed by atoms with Crippen molar-refractivity contribution in [1.29, 1.82) is 0 Å². The van der Waals surface area contributed by atoms with E-state index in [0.29, 0.717) is 27.8 Å². The van der Waals surface area contributed by atoms with Gasteiger partial charge in [0, 0.05) is 23.9 Å². The number of amides is 1. The lowest BCUT2D eigenvalue weighted by Gasteiger charge is -2.29. The van der Waals surface area contributed by atoms with Crippen molar-refractivity contribution < 1.29 is 23.8 Å². The molecule has 0 radical (unpaired) electrons. The largest absolute Gasteiger partial charge is 0.497 e. The van der Waals surface area contributed by atoms with Gasteiger partial charge in [0.15, 0.2) is 0 Å². The van der Waals surface area contributed by atoms with Gasteiger partial charge in [0.1, 0.15) is 29.5 Å². The van der Waals surface area contributed by atoms with Crippen molar-refractivity contribution in [2.75, 3.05) is 19.0 Å². The summed E-state index contributed by atoms with van der Waals surface area (Å²) in [6.45, 7) is 1.03. The fraction of sp³-hybridized carbons (Fsp3) is 0.414. The highest BCUT2D eigenvalue weighted by Crippen LogP contribution is 2.34. The van der Waals surface area contributed by atoms with Crippen LogP contribution in [0.25, 0.3) is 16.8 Å². The van der Waals surface area contributed by atoms with E-state index < -0.39 is 36.0 Å². The molecule has 2 bridgehead atoms. The Morgan fingerprint density at radius 2 is 2.02 bits per heavy atom. The maximum Gasteiger partial charge on any atom is 0.278 e. The van der Waals surface area contributed by atoms with Crippen LogP contribution in [-0.4, -0.2) is 67.1 Å². The lowest BCUT2D eigenvalue weighted by atomic mass is 10.0. The van der Waals surface area contributed by atoms with Gasteiger partial charge >= 0.3 is 0 Å². The van der Waals surface area contributed by atoms with Crippen molar-refractivity contribution in [3.05, 3.63) is 69.7 Å². The number of nitrogens with zero attached hydrogens (tertiary/aromatic N) is 5. The molecule has 1 aromatic carbocycles. The fourth-order valence-corrected chi connectivity index (χ4v) is 5.96. The summed E-state index contributed by atoms with van der Waals surface area (Å²) >= 11 is 6.47. The molecule has 0 saturated carbocycles. The lowest BCUT2D eigenvalue weighted by Crippen LogP contribution is -2.39. The van der Waals surface area contributed by atoms with Gasteiger partial charge in [-0.2, -0.15) is 5.10 Å². The van der Waals surface area contributed by atoms with Crippen LogP contribution in [0.3, 0.4) is 0 Å². The Hall–Kier alpha value is -4.07. The second-order valence-corrected chi connectivity index (χ2v) is 11.3. The number of aliphatic hydroxyl groups is 1. The molecular weight excluding hydrogens is 581 g/mol. The van der Waals surface area contributed by atoms with E-state index in [1.54, 1.807) is 12.3 Å². The first kappa shape index (κ1) is 29.0. The maximum absolute atomic E-state index is 14.0. The summed E-state index contributed by atoms with van der Waals surface area (Å²) in [5.41, 5.74) is 1.04. The molecule has 4 aromatic rings. The average Bonchev–Trinajstić information content (AvgIpc) is 3.59. The quantitative estimate of drug-likeness (QED) is 0.260. The molecular formula is C29H31ClFN7O5. The number of halogens is 2. The van der Waals surface area contributed by atoms with Gasteiger partial charge in [0.2, 0.25) is 11.9 Å². The number of hydrogen-bond acceptors (Lipinski definition) is 9. The Labute approximate surface area is 250 Å². The predicted octanol–water partition coefficient (Wildman–Crippen LogP) is 3.29. The number of rotatable bonds is 9. The van der Waals surface area contributed by atoms with Gasteiger partial charge in [-0.1, -0.05) is 11.6 Å². The van der Waals surface area contributed by atoms with Crippen LogP contribution in [0.5, 0.6) is 5.75 Å². The minimum Gasteiger partial charge on any atom is -0.497 e. The molecule has 5 heterocycles. The first-order valence-corrected chi connectivity index (χ1v) is 14.4. The Morgan fingerprint density at radius 1 is 1.26 bits per heavy atom. The zero-order valence-corrected chi connectivity index (χ0v) is 24.3. The molecule has 4 unspecified atom stereocenters. The lowest BCUT2D eigenvalue weighted by molar-refractivity contribution is -0.125. The minimum absolute atomic E-state index is 0.197. The van der Waals surface area contributed by atoms with E-state index in [9.17, 15) is 19.1 Å². The number of aromatic nitrogens is 5. The zero-order chi connectivity index (χ0) is 30.2. The van der Waals surface area contributed by atoms with Crippen molar-refractivity contribution in [2.24, 2.45) is 0 Å². The normalized spacial score (nSPS) is 21.0. The number of aliphatic hydroxyl groups excluding tert-OH is 1. The van der Waals surface area contributed by atoms with E-state index in [4.69, 9.17) is 21.1 Å². The van der Waals surface area contributed by atoms with Crippen LogP contribution in [0, 0.1) is 5.82 Å². The molecule has 2 saturated heterocycles. The summed E-state index contributed by atoms with van der Waals surface area (Å²) < 4.78 is 27.6. The smallest absolute Gasteiger partial charge is 0.278 e. The van der Waals surface area contributed by atoms with Crippen LogP contribution in [0.4, 0.5) is 10.3 Å². The van der Waals surface area contributed by atoms with E-state index in [1.165, 1.54) is 53.8 Å². The topological polar surface area (TPSA) is 145 Å². The Bertz CT molecular complexity index is 1720. The fourth-order valence-electron chi connectivity index (χ4n) is 5.76. The first-order valence-electron chi connectivity index (χ1n) is 14.0. The molecule has 4 atom stereocenters. The van der Waals surface area contributed by atoms with E-state index in [2.05, 4.69) is 25.7 Å². The molecule has 2 aliphatic rings. The second kappa shape index (κ2) is 11.9. The van der Waals surface area contributed by atoms with Gasteiger partial charge in [-0.15, -0.1) is 0 Å². The molecule has 12 nitrogen and oxygen atoms in total. The number of fused-ring (bicyclic) bond motifs is 3. The number of anilines is 1. The molecule has 43 heavy (non-hydrogen) atoms. The average molecular weight is 612 g/mol. The third-order valence-corrected chi connectivity index (χ3v) is 8.30. The number of hydrogen-bond donors (Lipinski definition) is 3. The summed E-state index contributed by atoms with van der Waals surface area (Å²) in [6, 6.07) is 3.79. The molecule has 226 valence electrons. The van der Waals surface area contributed by atoms with Crippen molar-refractivity contribution in [3.8, 4) is 17.0 Å². The summed E-state index contributed by atoms with van der Waals surface area (Å²) in [4.78, 5) is 35.6. The molecule has 0 aliphatic carbocycles. The number of nitrogens with one attached hydrogen (secondary N) is 2. The first-order chi connectivity index (χ1) is 20.7. The van der Waals surface area contributed by atoms with Crippen LogP contribution in [0.15, 0.2) is 47.8 Å². The number of methoxy groups -OCH3 is 1. The van der Waals surface area contributed by atoms with Gasteiger partial charge in [-0.3, -0.25) is 14.2 Å². The van der Waals surface area contributed by atoms with Crippen molar-refractivity contribution in [3.63, 3.8) is 0 Å². The number of carbonyl (C=O) groups is 1. The summed E-state index contributed by atoms with van der Waals surface area (Å²) in [5, 5.41) is 20.6. The van der Waals surface area contributed by atoms with Gasteiger partial charge in [-0.05, 0) is 56.4 Å². The maximum atomic E-state index is 14.0. The van der Waals surface area contributed by atoms with Crippen LogP contribution < -0.4 is 20.9 Å². The third kappa shape index (κ3) is 5.92. The predicted molar refractivity (Wildman–Crippen MR) is 156 cm³/mol. The van der Waals surface area contributed by atoms with Gasteiger partial charge < -0.3 is 25.2 Å². The van der Waals surface area contributed by atoms with Crippen LogP contribution in [0.1, 0.15) is 50.3 Å². The van der Waals surface area contributed by atoms with E-state index in [0.717, 1.165) is 25.7 Å².